The maximum absolute atomic E-state index is 12.8. The Labute approximate surface area is 197 Å². The highest BCUT2D eigenvalue weighted by atomic mass is 35.5. The fourth-order valence-corrected chi connectivity index (χ4v) is 3.70. The number of carbonyl (C=O) groups excluding carboxylic acids is 1. The van der Waals surface area contributed by atoms with Crippen LogP contribution in [0.3, 0.4) is 0 Å². The number of anilines is 1. The van der Waals surface area contributed by atoms with Gasteiger partial charge in [0.05, 0.1) is 35.5 Å². The second-order valence-electron chi connectivity index (χ2n) is 7.18. The molecular weight excluding hydrogens is 473 g/mol. The largest absolute Gasteiger partial charge is 0.390 e. The number of amides is 1. The van der Waals surface area contributed by atoms with E-state index in [0.717, 1.165) is 0 Å². The smallest absolute Gasteiger partial charge is 0.361 e. The maximum Gasteiger partial charge on any atom is 0.390 e. The maximum atomic E-state index is 12.8. The molecule has 0 bridgehead atoms. The Bertz CT molecular complexity index is 1340. The topological polar surface area (TPSA) is 134 Å². The molecule has 4 aromatic rings. The van der Waals surface area contributed by atoms with Crippen LogP contribution in [0.2, 0.25) is 10.0 Å². The Morgan fingerprint density at radius 3 is 2.55 bits per heavy atom. The number of carbonyl (C=O) groups is 1. The van der Waals surface area contributed by atoms with Gasteiger partial charge in [-0.05, 0) is 30.9 Å². The van der Waals surface area contributed by atoms with Crippen LogP contribution in [-0.2, 0) is 13.1 Å². The van der Waals surface area contributed by atoms with Crippen LogP contribution in [0.4, 0.5) is 11.6 Å². The van der Waals surface area contributed by atoms with Crippen LogP contribution in [0.5, 0.6) is 0 Å². The van der Waals surface area contributed by atoms with Crippen LogP contribution in [0.15, 0.2) is 41.1 Å². The van der Waals surface area contributed by atoms with Gasteiger partial charge in [-0.25, -0.2) is 0 Å². The number of halogens is 2. The quantitative estimate of drug-likeness (QED) is 0.302. The fourth-order valence-electron chi connectivity index (χ4n) is 3.18. The van der Waals surface area contributed by atoms with Gasteiger partial charge in [0.25, 0.3) is 5.91 Å². The number of hydrogen-bond donors (Lipinski definition) is 1. The monoisotopic (exact) mass is 489 g/mol. The van der Waals surface area contributed by atoms with Crippen molar-refractivity contribution < 1.29 is 14.2 Å². The van der Waals surface area contributed by atoms with Crippen molar-refractivity contribution >= 4 is 40.7 Å². The zero-order chi connectivity index (χ0) is 23.7. The Morgan fingerprint density at radius 1 is 1.15 bits per heavy atom. The lowest BCUT2D eigenvalue weighted by Crippen LogP contribution is -2.17. The fraction of sp³-hybridized carbons (Fsp3) is 0.200. The van der Waals surface area contributed by atoms with E-state index in [0.29, 0.717) is 45.0 Å². The van der Waals surface area contributed by atoms with Crippen LogP contribution >= 0.6 is 23.2 Å². The molecule has 0 aliphatic rings. The standard InChI is InChI=1S/C20H17Cl2N7O4/c1-11-8-18(29(31)32)25-28(11)10-13-12(2)33-26-19(13)20(30)23-17-6-7-27(24-17)9-14-15(21)4-3-5-16(14)22/h3-8H,9-10H2,1-2H3,(H,23,24,30). The first-order chi connectivity index (χ1) is 15.7. The van der Waals surface area contributed by atoms with E-state index in [-0.39, 0.29) is 18.1 Å². The molecule has 0 aliphatic heterocycles. The van der Waals surface area contributed by atoms with Crippen molar-refractivity contribution in [2.45, 2.75) is 26.9 Å². The second-order valence-corrected chi connectivity index (χ2v) is 7.99. The van der Waals surface area contributed by atoms with E-state index < -0.39 is 10.8 Å². The van der Waals surface area contributed by atoms with E-state index in [1.165, 1.54) is 10.7 Å². The van der Waals surface area contributed by atoms with Crippen molar-refractivity contribution in [1.82, 2.24) is 24.7 Å². The van der Waals surface area contributed by atoms with Crippen molar-refractivity contribution in [2.75, 3.05) is 5.32 Å². The summed E-state index contributed by atoms with van der Waals surface area (Å²) in [6.07, 6.45) is 1.68. The van der Waals surface area contributed by atoms with Crippen molar-refractivity contribution in [1.29, 1.82) is 0 Å². The SMILES string of the molecule is Cc1onc(C(=O)Nc2ccn(Cc3c(Cl)cccc3Cl)n2)c1Cn1nc([N+](=O)[O-])cc1C. The van der Waals surface area contributed by atoms with E-state index >= 15 is 0 Å². The van der Waals surface area contributed by atoms with E-state index in [1.807, 2.05) is 0 Å². The molecule has 3 aromatic heterocycles. The Kier molecular flexibility index (Phi) is 6.16. The molecule has 170 valence electrons. The summed E-state index contributed by atoms with van der Waals surface area (Å²) >= 11 is 12.4. The van der Waals surface area contributed by atoms with E-state index in [9.17, 15) is 14.9 Å². The number of rotatable bonds is 7. The second kappa shape index (κ2) is 9.04. The first-order valence-corrected chi connectivity index (χ1v) is 10.4. The van der Waals surface area contributed by atoms with E-state index in [4.69, 9.17) is 27.7 Å². The molecule has 0 aliphatic carbocycles. The number of nitro groups is 1. The molecule has 0 saturated heterocycles. The van der Waals surface area contributed by atoms with Gasteiger partial charge < -0.3 is 20.0 Å². The van der Waals surface area contributed by atoms with E-state index in [1.54, 1.807) is 49.0 Å². The van der Waals surface area contributed by atoms with Gasteiger partial charge in [0, 0.05) is 27.9 Å². The molecule has 11 nitrogen and oxygen atoms in total. The molecule has 0 spiro atoms. The van der Waals surface area contributed by atoms with Crippen molar-refractivity contribution in [3.63, 3.8) is 0 Å². The number of benzene rings is 1. The van der Waals surface area contributed by atoms with Crippen molar-refractivity contribution in [2.24, 2.45) is 0 Å². The van der Waals surface area contributed by atoms with Gasteiger partial charge in [0.15, 0.2) is 11.5 Å². The summed E-state index contributed by atoms with van der Waals surface area (Å²) in [6.45, 7) is 3.73. The zero-order valence-corrected chi connectivity index (χ0v) is 19.0. The Morgan fingerprint density at radius 2 is 1.88 bits per heavy atom. The molecule has 0 unspecified atom stereocenters. The third-order valence-electron chi connectivity index (χ3n) is 4.93. The minimum atomic E-state index is -0.580. The van der Waals surface area contributed by atoms with Crippen LogP contribution in [0, 0.1) is 24.0 Å². The lowest BCUT2D eigenvalue weighted by atomic mass is 10.2. The molecular formula is C20H17Cl2N7O4. The predicted octanol–water partition coefficient (Wildman–Crippen LogP) is 4.25. The summed E-state index contributed by atoms with van der Waals surface area (Å²) in [6, 6.07) is 8.19. The molecule has 0 atom stereocenters. The van der Waals surface area contributed by atoms with Crippen molar-refractivity contribution in [3.8, 4) is 0 Å². The average Bonchev–Trinajstić information content (AvgIpc) is 3.45. The number of nitrogens with one attached hydrogen (secondary N) is 1. The summed E-state index contributed by atoms with van der Waals surface area (Å²) in [5, 5.41) is 26.8. The lowest BCUT2D eigenvalue weighted by molar-refractivity contribution is -0.389. The highest BCUT2D eigenvalue weighted by molar-refractivity contribution is 6.35. The van der Waals surface area contributed by atoms with Gasteiger partial charge in [0.2, 0.25) is 0 Å². The van der Waals surface area contributed by atoms with E-state index in [2.05, 4.69) is 20.7 Å². The third-order valence-corrected chi connectivity index (χ3v) is 5.64. The number of aromatic nitrogens is 5. The summed E-state index contributed by atoms with van der Waals surface area (Å²) < 4.78 is 8.19. The molecule has 1 N–H and O–H groups in total. The van der Waals surface area contributed by atoms with Gasteiger partial charge in [-0.3, -0.25) is 9.48 Å². The van der Waals surface area contributed by atoms with Gasteiger partial charge >= 0.3 is 5.82 Å². The molecule has 4 rings (SSSR count). The first kappa shape index (κ1) is 22.5. The number of nitrogens with zero attached hydrogens (tertiary/aromatic N) is 6. The molecule has 33 heavy (non-hydrogen) atoms. The predicted molar refractivity (Wildman–Crippen MR) is 120 cm³/mol. The minimum Gasteiger partial charge on any atom is -0.361 e. The summed E-state index contributed by atoms with van der Waals surface area (Å²) in [5.74, 6) is -0.128. The highest BCUT2D eigenvalue weighted by Gasteiger charge is 2.24. The highest BCUT2D eigenvalue weighted by Crippen LogP contribution is 2.25. The minimum absolute atomic E-state index is 0.0359. The summed E-state index contributed by atoms with van der Waals surface area (Å²) in [5.41, 5.74) is 1.76. The normalized spacial score (nSPS) is 11.0. The average molecular weight is 490 g/mol. The molecule has 1 amide bonds. The van der Waals surface area contributed by atoms with Gasteiger partial charge in [-0.1, -0.05) is 34.4 Å². The summed E-state index contributed by atoms with van der Waals surface area (Å²) in [4.78, 5) is 23.2. The molecule has 1 aromatic carbocycles. The number of aryl methyl sites for hydroxylation is 2. The lowest BCUT2D eigenvalue weighted by Gasteiger charge is -2.07. The van der Waals surface area contributed by atoms with Crippen LogP contribution in [-0.4, -0.2) is 35.5 Å². The molecule has 0 radical (unpaired) electrons. The molecule has 13 heteroatoms. The van der Waals surface area contributed by atoms with Crippen molar-refractivity contribution in [3.05, 3.63) is 85.0 Å². The molecule has 0 saturated carbocycles. The Balaban J connectivity index is 1.51. The van der Waals surface area contributed by atoms with Crippen LogP contribution < -0.4 is 5.32 Å². The molecule has 3 heterocycles. The van der Waals surface area contributed by atoms with Crippen LogP contribution in [0.1, 0.15) is 33.1 Å². The van der Waals surface area contributed by atoms with Gasteiger partial charge in [-0.2, -0.15) is 9.78 Å². The summed E-state index contributed by atoms with van der Waals surface area (Å²) in [7, 11) is 0. The molecule has 0 fully saturated rings. The third kappa shape index (κ3) is 4.73. The van der Waals surface area contributed by atoms with Gasteiger partial charge in [-0.15, -0.1) is 0 Å². The first-order valence-electron chi connectivity index (χ1n) is 9.64. The zero-order valence-electron chi connectivity index (χ0n) is 17.5. The van der Waals surface area contributed by atoms with Gasteiger partial charge in [0.1, 0.15) is 5.76 Å². The Hall–Kier alpha value is -3.70. The number of hydrogen-bond acceptors (Lipinski definition) is 7. The van der Waals surface area contributed by atoms with Crippen LogP contribution in [0.25, 0.3) is 0 Å².